The zero-order valence-corrected chi connectivity index (χ0v) is 12.1. The average Bonchev–Trinajstić information content (AvgIpc) is 2.35. The van der Waals surface area contributed by atoms with Crippen LogP contribution < -0.4 is 5.32 Å². The lowest BCUT2D eigenvalue weighted by Gasteiger charge is -2.16. The summed E-state index contributed by atoms with van der Waals surface area (Å²) in [6.45, 7) is 4.28. The maximum atomic E-state index is 4.03. The Hall–Kier alpha value is -1.10. The molecule has 2 nitrogen and oxygen atoms in total. The maximum Gasteiger partial charge on any atom is 0.0486 e. The zero-order chi connectivity index (χ0) is 12.3. The van der Waals surface area contributed by atoms with E-state index in [0.29, 0.717) is 0 Å². The molecule has 2 rings (SSSR count). The molecule has 0 saturated heterocycles. The van der Waals surface area contributed by atoms with Gasteiger partial charge in [0.25, 0.3) is 0 Å². The summed E-state index contributed by atoms with van der Waals surface area (Å²) in [4.78, 5) is 4.03. The van der Waals surface area contributed by atoms with E-state index in [1.807, 2.05) is 24.5 Å². The zero-order valence-electron chi connectivity index (χ0n) is 9.94. The van der Waals surface area contributed by atoms with Gasteiger partial charge in [0.2, 0.25) is 0 Å². The van der Waals surface area contributed by atoms with Crippen molar-refractivity contribution in [3.8, 4) is 0 Å². The quantitative estimate of drug-likeness (QED) is 0.850. The Bertz CT molecular complexity index is 497. The maximum absolute atomic E-state index is 4.03. The molecule has 0 bridgehead atoms. The predicted molar refractivity (Wildman–Crippen MR) is 80.2 cm³/mol. The molecule has 88 valence electrons. The van der Waals surface area contributed by atoms with E-state index < -0.39 is 0 Å². The van der Waals surface area contributed by atoms with Crippen LogP contribution in [0.25, 0.3) is 0 Å². The lowest BCUT2D eigenvalue weighted by Crippen LogP contribution is -2.06. The van der Waals surface area contributed by atoms with Gasteiger partial charge < -0.3 is 5.32 Å². The third-order valence-corrected chi connectivity index (χ3v) is 3.92. The van der Waals surface area contributed by atoms with Crippen LogP contribution in [0.15, 0.2) is 42.7 Å². The second kappa shape index (κ2) is 5.49. The van der Waals surface area contributed by atoms with Gasteiger partial charge in [0.1, 0.15) is 0 Å². The summed E-state index contributed by atoms with van der Waals surface area (Å²) in [7, 11) is 0. The van der Waals surface area contributed by atoms with Gasteiger partial charge in [-0.2, -0.15) is 0 Å². The molecule has 0 saturated carbocycles. The van der Waals surface area contributed by atoms with Crippen molar-refractivity contribution >= 4 is 28.3 Å². The SMILES string of the molecule is Cc1ccc(NC(C)c2ccncc2)cc1I. The summed E-state index contributed by atoms with van der Waals surface area (Å²) in [5.41, 5.74) is 3.72. The first-order chi connectivity index (χ1) is 8.16. The molecule has 0 aliphatic heterocycles. The highest BCUT2D eigenvalue weighted by Gasteiger charge is 2.05. The molecule has 1 N–H and O–H groups in total. The minimum absolute atomic E-state index is 0.288. The molecule has 0 radical (unpaired) electrons. The summed E-state index contributed by atoms with van der Waals surface area (Å²) >= 11 is 2.36. The smallest absolute Gasteiger partial charge is 0.0486 e. The van der Waals surface area contributed by atoms with Crippen molar-refractivity contribution in [1.29, 1.82) is 0 Å². The van der Waals surface area contributed by atoms with Crippen LogP contribution in [0.3, 0.4) is 0 Å². The van der Waals surface area contributed by atoms with Gasteiger partial charge in [-0.05, 0) is 71.8 Å². The summed E-state index contributed by atoms with van der Waals surface area (Å²) in [6, 6.07) is 10.8. The van der Waals surface area contributed by atoms with E-state index >= 15 is 0 Å². The minimum atomic E-state index is 0.288. The first kappa shape index (κ1) is 12.4. The first-order valence-electron chi connectivity index (χ1n) is 5.59. The number of nitrogens with one attached hydrogen (secondary N) is 1. The molecule has 0 amide bonds. The summed E-state index contributed by atoms with van der Waals surface area (Å²) in [6.07, 6.45) is 3.65. The lowest BCUT2D eigenvalue weighted by atomic mass is 10.1. The highest BCUT2D eigenvalue weighted by atomic mass is 127. The second-order valence-corrected chi connectivity index (χ2v) is 5.27. The lowest BCUT2D eigenvalue weighted by molar-refractivity contribution is 0.880. The predicted octanol–water partition coefficient (Wildman–Crippen LogP) is 4.17. The van der Waals surface area contributed by atoms with E-state index in [-0.39, 0.29) is 6.04 Å². The van der Waals surface area contributed by atoms with Gasteiger partial charge in [-0.15, -0.1) is 0 Å². The van der Waals surface area contributed by atoms with Crippen LogP contribution in [0.2, 0.25) is 0 Å². The molecule has 0 aliphatic rings. The summed E-state index contributed by atoms with van der Waals surface area (Å²) < 4.78 is 1.29. The Balaban J connectivity index is 2.13. The largest absolute Gasteiger partial charge is 0.378 e. The van der Waals surface area contributed by atoms with E-state index in [1.165, 1.54) is 14.7 Å². The van der Waals surface area contributed by atoms with E-state index in [2.05, 4.69) is 64.9 Å². The van der Waals surface area contributed by atoms with Gasteiger partial charge in [-0.3, -0.25) is 4.98 Å². The van der Waals surface area contributed by atoms with Gasteiger partial charge in [0.15, 0.2) is 0 Å². The third kappa shape index (κ3) is 3.19. The number of aryl methyl sites for hydroxylation is 1. The molecule has 1 aromatic heterocycles. The summed E-state index contributed by atoms with van der Waals surface area (Å²) in [5.74, 6) is 0. The normalized spacial score (nSPS) is 12.2. The van der Waals surface area contributed by atoms with Crippen molar-refractivity contribution in [2.45, 2.75) is 19.9 Å². The second-order valence-electron chi connectivity index (χ2n) is 4.11. The molecule has 0 fully saturated rings. The molecular formula is C14H15IN2. The topological polar surface area (TPSA) is 24.9 Å². The Morgan fingerprint density at radius 3 is 2.53 bits per heavy atom. The summed E-state index contributed by atoms with van der Waals surface area (Å²) in [5, 5.41) is 3.49. The van der Waals surface area contributed by atoms with Gasteiger partial charge in [-0.25, -0.2) is 0 Å². The number of hydrogen-bond acceptors (Lipinski definition) is 2. The Kier molecular flexibility index (Phi) is 3.99. The highest BCUT2D eigenvalue weighted by molar-refractivity contribution is 14.1. The highest BCUT2D eigenvalue weighted by Crippen LogP contribution is 2.22. The molecule has 1 heterocycles. The third-order valence-electron chi connectivity index (χ3n) is 2.76. The van der Waals surface area contributed by atoms with Gasteiger partial charge in [0.05, 0.1) is 0 Å². The number of hydrogen-bond donors (Lipinski definition) is 1. The van der Waals surface area contributed by atoms with Crippen molar-refractivity contribution < 1.29 is 0 Å². The van der Waals surface area contributed by atoms with Crippen molar-refractivity contribution in [3.05, 3.63) is 57.4 Å². The Labute approximate surface area is 116 Å². The number of rotatable bonds is 3. The standard InChI is InChI=1S/C14H15IN2/c1-10-3-4-13(9-14(10)15)17-11(2)12-5-7-16-8-6-12/h3-9,11,17H,1-2H3. The van der Waals surface area contributed by atoms with Crippen LogP contribution >= 0.6 is 22.6 Å². The molecule has 1 unspecified atom stereocenters. The molecule has 2 aromatic rings. The fraction of sp³-hybridized carbons (Fsp3) is 0.214. The van der Waals surface area contributed by atoms with Crippen LogP contribution in [0, 0.1) is 10.5 Å². The van der Waals surface area contributed by atoms with E-state index in [4.69, 9.17) is 0 Å². The molecule has 0 spiro atoms. The van der Waals surface area contributed by atoms with Crippen LogP contribution in [0.1, 0.15) is 24.1 Å². The number of halogens is 1. The average molecular weight is 338 g/mol. The minimum Gasteiger partial charge on any atom is -0.378 e. The number of pyridine rings is 1. The van der Waals surface area contributed by atoms with Crippen LogP contribution in [0.5, 0.6) is 0 Å². The molecule has 0 aliphatic carbocycles. The van der Waals surface area contributed by atoms with Crippen molar-refractivity contribution in [3.63, 3.8) is 0 Å². The van der Waals surface area contributed by atoms with Crippen LogP contribution in [-0.4, -0.2) is 4.98 Å². The van der Waals surface area contributed by atoms with Gasteiger partial charge >= 0.3 is 0 Å². The van der Waals surface area contributed by atoms with Gasteiger partial charge in [0, 0.05) is 27.7 Å². The van der Waals surface area contributed by atoms with E-state index in [1.54, 1.807) is 0 Å². The monoisotopic (exact) mass is 338 g/mol. The van der Waals surface area contributed by atoms with Crippen molar-refractivity contribution in [2.75, 3.05) is 5.32 Å². The molecular weight excluding hydrogens is 323 g/mol. The number of nitrogens with zero attached hydrogens (tertiary/aromatic N) is 1. The fourth-order valence-corrected chi connectivity index (χ4v) is 2.18. The first-order valence-corrected chi connectivity index (χ1v) is 6.67. The molecule has 1 atom stereocenters. The molecule has 17 heavy (non-hydrogen) atoms. The molecule has 1 aromatic carbocycles. The molecule has 3 heteroatoms. The fourth-order valence-electron chi connectivity index (χ4n) is 1.67. The number of benzene rings is 1. The number of aromatic nitrogens is 1. The van der Waals surface area contributed by atoms with E-state index in [0.717, 1.165) is 5.69 Å². The Morgan fingerprint density at radius 1 is 1.18 bits per heavy atom. The Morgan fingerprint density at radius 2 is 1.88 bits per heavy atom. The van der Waals surface area contributed by atoms with Crippen LogP contribution in [0.4, 0.5) is 5.69 Å². The van der Waals surface area contributed by atoms with Crippen molar-refractivity contribution in [1.82, 2.24) is 4.98 Å². The van der Waals surface area contributed by atoms with Gasteiger partial charge in [-0.1, -0.05) is 6.07 Å². The van der Waals surface area contributed by atoms with Crippen molar-refractivity contribution in [2.24, 2.45) is 0 Å². The van der Waals surface area contributed by atoms with E-state index in [9.17, 15) is 0 Å². The van der Waals surface area contributed by atoms with Crippen LogP contribution in [-0.2, 0) is 0 Å². The number of anilines is 1.